The summed E-state index contributed by atoms with van der Waals surface area (Å²) in [7, 11) is 17.3. The summed E-state index contributed by atoms with van der Waals surface area (Å²) in [6.07, 6.45) is 31.2. The van der Waals surface area contributed by atoms with Crippen LogP contribution in [0, 0.1) is 11.8 Å². The van der Waals surface area contributed by atoms with Gasteiger partial charge < -0.3 is 77.8 Å². The van der Waals surface area contributed by atoms with Crippen LogP contribution in [0.3, 0.4) is 0 Å². The SMILES string of the molecule is C=CCN(c1cc(OC)cc(OC)c1)c1ccc2ncc(-c3cnn(C)c3)nc2c1.CNCCN(c1cc(OC)cc(OC)c1)c1ccc2ncc(-c3cnn(C4CCCCO4)c3)nc2c1.COc1cc(OC(C)C)cc(N(CC2CC2)c2ccc3ncc(-c4cnn(C)c4)nc3c2)c1.COc1cc(OC)cc(N(CC2CC2)c2ccc3ncc(-c4cnn(CC(O)CO)c4)nc3c2)c1. The van der Waals surface area contributed by atoms with Crippen LogP contribution in [0.15, 0.2) is 233 Å². The van der Waals surface area contributed by atoms with Crippen molar-refractivity contribution < 1.29 is 52.8 Å². The number of likely N-dealkylation sites (N-methyl/N-ethyl adjacent to an activating group) is 1. The molecule has 3 aliphatic rings. The van der Waals surface area contributed by atoms with Crippen molar-refractivity contribution in [2.24, 2.45) is 25.9 Å². The van der Waals surface area contributed by atoms with E-state index < -0.39 is 6.10 Å². The Bertz CT molecular complexity index is 6640. The van der Waals surface area contributed by atoms with Gasteiger partial charge in [-0.15, -0.1) is 6.58 Å². The zero-order chi connectivity index (χ0) is 93.3. The Kier molecular flexibility index (Phi) is 29.7. The van der Waals surface area contributed by atoms with Crippen molar-refractivity contribution in [1.29, 1.82) is 0 Å². The first-order valence-corrected chi connectivity index (χ1v) is 44.8. The molecule has 3 fully saturated rings. The van der Waals surface area contributed by atoms with Gasteiger partial charge in [0.25, 0.3) is 0 Å². The summed E-state index contributed by atoms with van der Waals surface area (Å²) < 4.78 is 57.4. The molecule has 0 bridgehead atoms. The lowest BCUT2D eigenvalue weighted by atomic mass is 10.1. The molecule has 0 radical (unpaired) electrons. The van der Waals surface area contributed by atoms with Gasteiger partial charge in [-0.25, -0.2) is 24.6 Å². The number of nitrogens with one attached hydrogen (secondary N) is 1. The number of aryl methyl sites for hydroxylation is 2. The van der Waals surface area contributed by atoms with Crippen LogP contribution in [0.25, 0.3) is 89.2 Å². The van der Waals surface area contributed by atoms with Gasteiger partial charge in [-0.1, -0.05) is 6.08 Å². The summed E-state index contributed by atoms with van der Waals surface area (Å²) in [5.74, 6) is 7.33. The number of nitrogens with zero attached hydrogens (tertiary/aromatic N) is 20. The van der Waals surface area contributed by atoms with Crippen molar-refractivity contribution in [2.75, 3.05) is 122 Å². The molecule has 16 aromatic rings. The Hall–Kier alpha value is -14.9. The molecule has 1 aliphatic heterocycles. The fourth-order valence-electron chi connectivity index (χ4n) is 15.7. The number of rotatable bonds is 34. The van der Waals surface area contributed by atoms with Crippen LogP contribution >= 0.6 is 0 Å². The van der Waals surface area contributed by atoms with E-state index in [1.54, 1.807) is 107 Å². The van der Waals surface area contributed by atoms with Crippen LogP contribution < -0.4 is 62.8 Å². The summed E-state index contributed by atoms with van der Waals surface area (Å²) in [6.45, 7) is 12.6. The lowest BCUT2D eigenvalue weighted by Crippen LogP contribution is -2.26. The smallest absolute Gasteiger partial charge is 0.150 e. The number of benzene rings is 8. The maximum absolute atomic E-state index is 9.68. The minimum Gasteiger partial charge on any atom is -0.497 e. The molecular weight excluding hydrogens is 1700 g/mol. The van der Waals surface area contributed by atoms with Gasteiger partial charge >= 0.3 is 0 Å². The number of aliphatic hydroxyl groups is 2. The van der Waals surface area contributed by atoms with Crippen LogP contribution in [0.5, 0.6) is 46.0 Å². The van der Waals surface area contributed by atoms with Crippen LogP contribution in [0.2, 0.25) is 0 Å². The maximum Gasteiger partial charge on any atom is 0.150 e. The summed E-state index contributed by atoms with van der Waals surface area (Å²) >= 11 is 0. The van der Waals surface area contributed by atoms with E-state index in [2.05, 4.69) is 120 Å². The number of anilines is 8. The largest absolute Gasteiger partial charge is 0.497 e. The lowest BCUT2D eigenvalue weighted by Gasteiger charge is -2.26. The third kappa shape index (κ3) is 23.0. The molecule has 32 nitrogen and oxygen atoms in total. The third-order valence-corrected chi connectivity index (χ3v) is 23.1. The predicted octanol–water partition coefficient (Wildman–Crippen LogP) is 17.7. The molecule has 2 saturated carbocycles. The molecule has 2 unspecified atom stereocenters. The average Bonchev–Trinajstić information content (AvgIpc) is 1.50. The molecule has 8 aromatic heterocycles. The zero-order valence-electron chi connectivity index (χ0n) is 77.6. The van der Waals surface area contributed by atoms with E-state index in [1.807, 2.05) is 174 Å². The highest BCUT2D eigenvalue weighted by Crippen LogP contribution is 2.44. The van der Waals surface area contributed by atoms with E-state index in [1.165, 1.54) is 25.7 Å². The first kappa shape index (κ1) is 92.4. The van der Waals surface area contributed by atoms with Gasteiger partial charge in [-0.3, -0.25) is 34.0 Å². The summed E-state index contributed by atoms with van der Waals surface area (Å²) in [5, 5.41) is 39.3. The third-order valence-electron chi connectivity index (χ3n) is 23.1. The van der Waals surface area contributed by atoms with Crippen molar-refractivity contribution >= 4 is 89.6 Å². The minimum absolute atomic E-state index is 0.00638. The van der Waals surface area contributed by atoms with E-state index in [4.69, 9.17) is 67.7 Å². The molecule has 134 heavy (non-hydrogen) atoms. The molecule has 32 heteroatoms. The van der Waals surface area contributed by atoms with E-state index in [-0.39, 0.29) is 25.5 Å². The van der Waals surface area contributed by atoms with Crippen molar-refractivity contribution in [3.63, 3.8) is 0 Å². The van der Waals surface area contributed by atoms with E-state index in [0.717, 1.165) is 227 Å². The van der Waals surface area contributed by atoms with E-state index >= 15 is 0 Å². The number of hydrogen-bond acceptors (Lipinski definition) is 28. The lowest BCUT2D eigenvalue weighted by molar-refractivity contribution is -0.0394. The van der Waals surface area contributed by atoms with Crippen LogP contribution in [-0.4, -0.2) is 204 Å². The maximum atomic E-state index is 9.68. The second-order valence-corrected chi connectivity index (χ2v) is 33.3. The standard InChI is InChI=1S/C27H32N6O3.C26H29N5O4.C26H29N5O2.C23H23N5O2/c1-28-9-10-32(21-12-22(34-2)15-23(13-21)35-3)20-7-8-24-25(14-20)31-26(17-29-24)19-16-30-33(18-19)27-6-4-5-11-36-27;1-34-22-7-20(8-23(10-22)35-2)31(13-17-3-4-17)19-5-6-24-25(9-19)29-26(12-27-24)18-11-28-30(14-18)15-21(33)16-32;1-17(2)33-23-10-21(9-22(12-23)32-4)31(15-18-5-6-18)20-7-8-24-25(11-20)29-26(14-27-24)19-13-28-30(3)16-19;1-5-8-28(18-9-19(29-3)12-20(10-18)30-4)17-6-7-21-22(11-17)26-23(14-24-21)16-13-25-27(2)15-16/h7-8,12-18,27-28H,4-6,9-11H2,1-3H3;5-12,14,17,21,32-33H,3-4,13,15-16H2,1-2H3;7-14,16-18H,5-6,15H2,1-4H3;5-7,9-15H,1,8H2,2-4H3. The highest BCUT2D eigenvalue weighted by molar-refractivity contribution is 5.87. The van der Waals surface area contributed by atoms with Crippen LogP contribution in [0.1, 0.15) is 65.0 Å². The second-order valence-electron chi connectivity index (χ2n) is 33.3. The molecule has 1 saturated heterocycles. The summed E-state index contributed by atoms with van der Waals surface area (Å²) in [6, 6.07) is 48.2. The number of ether oxygens (including phenoxy) is 9. The Labute approximate surface area is 778 Å². The van der Waals surface area contributed by atoms with E-state index in [9.17, 15) is 5.11 Å². The number of hydrogen-bond donors (Lipinski definition) is 3. The second kappa shape index (κ2) is 43.0. The molecule has 0 amide bonds. The van der Waals surface area contributed by atoms with Gasteiger partial charge in [-0.05, 0) is 150 Å². The molecule has 0 spiro atoms. The molecular formula is C102H113N21O11. The predicted molar refractivity (Wildman–Crippen MR) is 522 cm³/mol. The highest BCUT2D eigenvalue weighted by Gasteiger charge is 2.30. The highest BCUT2D eigenvalue weighted by atomic mass is 16.5. The molecule has 9 heterocycles. The first-order chi connectivity index (χ1) is 65.3. The minimum atomic E-state index is -0.860. The number of methoxy groups -OCH3 is 7. The summed E-state index contributed by atoms with van der Waals surface area (Å²) in [5.41, 5.74) is 21.3. The van der Waals surface area contributed by atoms with Crippen LogP contribution in [-0.2, 0) is 25.4 Å². The van der Waals surface area contributed by atoms with Gasteiger partial charge in [0.1, 0.15) is 52.2 Å². The normalized spacial score (nSPS) is 13.6. The fourth-order valence-corrected chi connectivity index (χ4v) is 15.7. The Morgan fingerprint density at radius 1 is 0.425 bits per heavy atom. The molecule has 692 valence electrons. The zero-order valence-corrected chi connectivity index (χ0v) is 77.6. The monoisotopic (exact) mass is 1810 g/mol. The molecule has 8 aromatic carbocycles. The Balaban J connectivity index is 0.000000130. The van der Waals surface area contributed by atoms with Gasteiger partial charge in [-0.2, -0.15) is 20.4 Å². The number of fused-ring (bicyclic) bond motifs is 4. The topological polar surface area (TPSA) is 323 Å². The van der Waals surface area contributed by atoms with Crippen molar-refractivity contribution in [1.82, 2.24) is 84.3 Å². The van der Waals surface area contributed by atoms with Crippen molar-refractivity contribution in [2.45, 2.75) is 83.8 Å². The molecule has 19 rings (SSSR count). The van der Waals surface area contributed by atoms with E-state index in [0.29, 0.717) is 24.1 Å². The number of aliphatic hydroxyl groups excluding tert-OH is 2. The Morgan fingerprint density at radius 3 is 1.16 bits per heavy atom. The number of aromatic nitrogens is 16. The van der Waals surface area contributed by atoms with Gasteiger partial charge in [0.05, 0.1) is 192 Å². The van der Waals surface area contributed by atoms with Gasteiger partial charge in [0.2, 0.25) is 0 Å². The van der Waals surface area contributed by atoms with Gasteiger partial charge in [0.15, 0.2) is 0 Å². The van der Waals surface area contributed by atoms with Crippen molar-refractivity contribution in [3.8, 4) is 91.0 Å². The van der Waals surface area contributed by atoms with Gasteiger partial charge in [0, 0.05) is 219 Å². The fraction of sp³-hybridized carbons (Fsp3) is 0.314. The average molecular weight is 1810 g/mol. The first-order valence-electron chi connectivity index (χ1n) is 44.8. The summed E-state index contributed by atoms with van der Waals surface area (Å²) in [4.78, 5) is 46.9. The Morgan fingerprint density at radius 2 is 0.791 bits per heavy atom. The molecule has 3 N–H and O–H groups in total. The quantitative estimate of drug-likeness (QED) is 0.0315. The molecule has 2 atom stereocenters. The molecule has 2 aliphatic carbocycles. The van der Waals surface area contributed by atoms with Crippen LogP contribution in [0.4, 0.5) is 45.5 Å². The van der Waals surface area contributed by atoms with Crippen molar-refractivity contribution in [3.05, 3.63) is 233 Å².